The second kappa shape index (κ2) is 10.5. The Morgan fingerprint density at radius 3 is 2.28 bits per heavy atom. The van der Waals surface area contributed by atoms with Gasteiger partial charge >= 0.3 is 0 Å². The lowest BCUT2D eigenvalue weighted by Gasteiger charge is -2.16. The first-order valence-electron chi connectivity index (χ1n) is 11.7. The molecule has 2 aromatic rings. The van der Waals surface area contributed by atoms with Gasteiger partial charge in [0.25, 0.3) is 0 Å². The van der Waals surface area contributed by atoms with Crippen LogP contribution in [0.4, 0.5) is 5.69 Å². The molecular formula is C26H34N4OS. The van der Waals surface area contributed by atoms with Gasteiger partial charge in [-0.25, -0.2) is 0 Å². The summed E-state index contributed by atoms with van der Waals surface area (Å²) in [6.45, 7) is 5.95. The molecule has 0 bridgehead atoms. The van der Waals surface area contributed by atoms with Crippen LogP contribution in [0.1, 0.15) is 53.5 Å². The number of hydrogen-bond donors (Lipinski definition) is 2. The largest absolute Gasteiger partial charge is 0.386 e. The molecule has 2 aromatic carbocycles. The zero-order valence-corrected chi connectivity index (χ0v) is 19.8. The number of nitrogens with zero attached hydrogens (tertiary/aromatic N) is 2. The van der Waals surface area contributed by atoms with Gasteiger partial charge in [-0.15, -0.1) is 4.91 Å². The average molecular weight is 451 g/mol. The van der Waals surface area contributed by atoms with Gasteiger partial charge in [0.1, 0.15) is 0 Å². The van der Waals surface area contributed by atoms with E-state index in [1.807, 2.05) is 12.1 Å². The molecule has 5 rings (SSSR count). The standard InChI is InChI=1S/C14H18N2.C12H16N2OS/c1-9(15)16-14-12-6-2-4-10(12)8-11-5-3-7-13(11)14;1-14(8-10-2-3-10)9-11-4-6-12(7-5-11)16-13-15/h8,16H,1-7,15H2;4-7,10H,2-3,8-9H2,1H3. The summed E-state index contributed by atoms with van der Waals surface area (Å²) in [6.07, 6.45) is 10.2. The third kappa shape index (κ3) is 5.93. The van der Waals surface area contributed by atoms with Crippen LogP contribution >= 0.6 is 11.9 Å². The molecule has 170 valence electrons. The molecular weight excluding hydrogens is 416 g/mol. The Morgan fingerprint density at radius 2 is 1.75 bits per heavy atom. The van der Waals surface area contributed by atoms with E-state index in [2.05, 4.69) is 46.6 Å². The van der Waals surface area contributed by atoms with E-state index in [0.29, 0.717) is 5.82 Å². The number of nitroso groups, excluding NO2 is 1. The van der Waals surface area contributed by atoms with Crippen molar-refractivity contribution in [2.75, 3.05) is 18.9 Å². The Hall–Kier alpha value is -2.31. The first kappa shape index (κ1) is 22.9. The van der Waals surface area contributed by atoms with Crippen molar-refractivity contribution >= 4 is 17.6 Å². The van der Waals surface area contributed by atoms with Gasteiger partial charge in [0.2, 0.25) is 0 Å². The van der Waals surface area contributed by atoms with Crippen LogP contribution in [0.3, 0.4) is 0 Å². The van der Waals surface area contributed by atoms with Crippen molar-refractivity contribution in [2.24, 2.45) is 16.2 Å². The number of rotatable bonds is 8. The van der Waals surface area contributed by atoms with Crippen LogP contribution in [0.5, 0.6) is 0 Å². The highest BCUT2D eigenvalue weighted by atomic mass is 32.2. The molecule has 0 saturated heterocycles. The Morgan fingerprint density at radius 1 is 1.12 bits per heavy atom. The van der Waals surface area contributed by atoms with E-state index in [4.69, 9.17) is 5.73 Å². The normalized spacial score (nSPS) is 16.2. The second-order valence-electron chi connectivity index (χ2n) is 9.33. The van der Waals surface area contributed by atoms with Crippen molar-refractivity contribution in [3.8, 4) is 0 Å². The molecule has 0 atom stereocenters. The minimum atomic E-state index is 0.564. The fourth-order valence-corrected chi connectivity index (χ4v) is 5.29. The molecule has 6 heteroatoms. The fraction of sp³-hybridized carbons (Fsp3) is 0.462. The van der Waals surface area contributed by atoms with E-state index in [0.717, 1.165) is 29.3 Å². The quantitative estimate of drug-likeness (QED) is 0.392. The summed E-state index contributed by atoms with van der Waals surface area (Å²) in [5.41, 5.74) is 14.3. The molecule has 1 saturated carbocycles. The molecule has 0 aromatic heterocycles. The molecule has 5 nitrogen and oxygen atoms in total. The maximum atomic E-state index is 10.1. The summed E-state index contributed by atoms with van der Waals surface area (Å²) in [5, 5.41) is 3.29. The molecule has 0 aliphatic heterocycles. The molecule has 0 unspecified atom stereocenters. The summed E-state index contributed by atoms with van der Waals surface area (Å²) in [6, 6.07) is 10.5. The molecule has 0 spiro atoms. The van der Waals surface area contributed by atoms with E-state index in [-0.39, 0.29) is 0 Å². The second-order valence-corrected chi connectivity index (χ2v) is 10.1. The van der Waals surface area contributed by atoms with Crippen molar-refractivity contribution in [1.29, 1.82) is 0 Å². The number of aryl methyl sites for hydroxylation is 2. The van der Waals surface area contributed by atoms with Crippen LogP contribution in [0.2, 0.25) is 0 Å². The van der Waals surface area contributed by atoms with Crippen molar-refractivity contribution < 1.29 is 0 Å². The number of hydrogen-bond acceptors (Lipinski definition) is 6. The first-order chi connectivity index (χ1) is 15.5. The first-order valence-corrected chi connectivity index (χ1v) is 12.5. The van der Waals surface area contributed by atoms with Crippen molar-refractivity contribution in [2.45, 2.75) is 62.8 Å². The predicted molar refractivity (Wildman–Crippen MR) is 135 cm³/mol. The zero-order valence-electron chi connectivity index (χ0n) is 19.0. The molecule has 0 amide bonds. The van der Waals surface area contributed by atoms with Crippen LogP contribution in [0.15, 0.2) is 52.2 Å². The fourth-order valence-electron chi connectivity index (χ4n) is 4.94. The predicted octanol–water partition coefficient (Wildman–Crippen LogP) is 5.81. The lowest BCUT2D eigenvalue weighted by molar-refractivity contribution is 0.313. The van der Waals surface area contributed by atoms with Crippen LogP contribution in [-0.4, -0.2) is 18.5 Å². The zero-order chi connectivity index (χ0) is 22.5. The minimum absolute atomic E-state index is 0.564. The van der Waals surface area contributed by atoms with Gasteiger partial charge < -0.3 is 16.0 Å². The lowest BCUT2D eigenvalue weighted by atomic mass is 9.99. The molecule has 1 fully saturated rings. The monoisotopic (exact) mass is 450 g/mol. The van der Waals surface area contributed by atoms with Gasteiger partial charge in [0.15, 0.2) is 0 Å². The van der Waals surface area contributed by atoms with E-state index < -0.39 is 0 Å². The average Bonchev–Trinajstić information content (AvgIpc) is 3.24. The smallest absolute Gasteiger partial charge is 0.0930 e. The van der Waals surface area contributed by atoms with Crippen molar-refractivity contribution in [3.05, 3.63) is 75.5 Å². The highest BCUT2D eigenvalue weighted by molar-refractivity contribution is 7.98. The Balaban J connectivity index is 0.000000153. The van der Waals surface area contributed by atoms with Gasteiger partial charge in [-0.2, -0.15) is 0 Å². The highest BCUT2D eigenvalue weighted by Gasteiger charge is 2.24. The number of fused-ring (bicyclic) bond motifs is 2. The third-order valence-electron chi connectivity index (χ3n) is 6.54. The topological polar surface area (TPSA) is 70.7 Å². The van der Waals surface area contributed by atoms with Gasteiger partial charge in [-0.05, 0) is 104 Å². The molecule has 3 aliphatic carbocycles. The molecule has 3 N–H and O–H groups in total. The van der Waals surface area contributed by atoms with Crippen LogP contribution in [-0.2, 0) is 32.2 Å². The maximum Gasteiger partial charge on any atom is 0.0930 e. The highest BCUT2D eigenvalue weighted by Crippen LogP contribution is 2.38. The number of anilines is 1. The summed E-state index contributed by atoms with van der Waals surface area (Å²) in [7, 11) is 2.16. The van der Waals surface area contributed by atoms with Gasteiger partial charge in [0, 0.05) is 28.3 Å². The van der Waals surface area contributed by atoms with E-state index in [1.165, 1.54) is 91.4 Å². The van der Waals surface area contributed by atoms with E-state index in [9.17, 15) is 4.91 Å². The summed E-state index contributed by atoms with van der Waals surface area (Å²) < 4.78 is 2.80. The SMILES string of the molecule is C=C(N)Nc1c2c(cc3c1CCC3)CCC2.CN(Cc1ccc(SN=O)cc1)CC1CC1. The van der Waals surface area contributed by atoms with E-state index in [1.54, 1.807) is 0 Å². The Bertz CT molecular complexity index is 937. The summed E-state index contributed by atoms with van der Waals surface area (Å²) >= 11 is 0.979. The molecule has 3 aliphatic rings. The lowest BCUT2D eigenvalue weighted by Crippen LogP contribution is -2.20. The van der Waals surface area contributed by atoms with Crippen LogP contribution in [0, 0.1) is 10.8 Å². The van der Waals surface area contributed by atoms with Crippen LogP contribution in [0.25, 0.3) is 0 Å². The summed E-state index contributed by atoms with van der Waals surface area (Å²) in [5.74, 6) is 1.49. The number of nitrogens with two attached hydrogens (primary N) is 1. The van der Waals surface area contributed by atoms with Crippen molar-refractivity contribution in [3.63, 3.8) is 0 Å². The third-order valence-corrected chi connectivity index (χ3v) is 7.10. The number of nitrogens with one attached hydrogen (secondary N) is 1. The Labute approximate surface area is 195 Å². The van der Waals surface area contributed by atoms with Crippen LogP contribution < -0.4 is 11.1 Å². The van der Waals surface area contributed by atoms with E-state index >= 15 is 0 Å². The molecule has 32 heavy (non-hydrogen) atoms. The maximum absolute atomic E-state index is 10.1. The number of benzene rings is 2. The van der Waals surface area contributed by atoms with Gasteiger partial charge in [0.05, 0.1) is 17.8 Å². The Kier molecular flexibility index (Phi) is 7.53. The van der Waals surface area contributed by atoms with Gasteiger partial charge in [-0.3, -0.25) is 0 Å². The molecule has 0 radical (unpaired) electrons. The minimum Gasteiger partial charge on any atom is -0.386 e. The van der Waals surface area contributed by atoms with Gasteiger partial charge in [-0.1, -0.05) is 24.8 Å². The van der Waals surface area contributed by atoms with Crippen molar-refractivity contribution in [1.82, 2.24) is 4.90 Å². The summed E-state index contributed by atoms with van der Waals surface area (Å²) in [4.78, 5) is 13.3. The molecule has 0 heterocycles.